The number of fused-ring (bicyclic) bond motifs is 1. The number of hydrogen-bond acceptors (Lipinski definition) is 1. The zero-order chi connectivity index (χ0) is 13.4. The van der Waals surface area contributed by atoms with Crippen molar-refractivity contribution in [1.82, 2.24) is 0 Å². The molecule has 1 saturated heterocycles. The predicted octanol–water partition coefficient (Wildman–Crippen LogP) is 4.41. The lowest BCUT2D eigenvalue weighted by Crippen LogP contribution is -2.40. The van der Waals surface area contributed by atoms with Gasteiger partial charge in [-0.25, -0.2) is 0 Å². The summed E-state index contributed by atoms with van der Waals surface area (Å²) >= 11 is 0. The maximum Gasteiger partial charge on any atom is 0.0902 e. The van der Waals surface area contributed by atoms with Crippen molar-refractivity contribution in [2.75, 3.05) is 6.61 Å². The maximum absolute atomic E-state index is 6.04. The fourth-order valence-electron chi connectivity index (χ4n) is 3.54. The van der Waals surface area contributed by atoms with Gasteiger partial charge in [-0.05, 0) is 35.1 Å². The van der Waals surface area contributed by atoms with Crippen LogP contribution in [0.2, 0.25) is 0 Å². The van der Waals surface area contributed by atoms with E-state index < -0.39 is 0 Å². The van der Waals surface area contributed by atoms with Crippen LogP contribution < -0.4 is 0 Å². The predicted molar refractivity (Wildman–Crippen MR) is 82.2 cm³/mol. The molecule has 0 N–H and O–H groups in total. The molecule has 2 aromatic rings. The van der Waals surface area contributed by atoms with Crippen LogP contribution in [0.15, 0.2) is 60.7 Å². The highest BCUT2D eigenvalue weighted by atomic mass is 16.5. The van der Waals surface area contributed by atoms with Crippen molar-refractivity contribution in [3.8, 4) is 0 Å². The Labute approximate surface area is 119 Å². The van der Waals surface area contributed by atoms with Crippen LogP contribution in [0.1, 0.15) is 24.0 Å². The van der Waals surface area contributed by atoms with Gasteiger partial charge in [-0.3, -0.25) is 0 Å². The van der Waals surface area contributed by atoms with Gasteiger partial charge in [0.05, 0.1) is 6.10 Å². The quantitative estimate of drug-likeness (QED) is 0.779. The van der Waals surface area contributed by atoms with Crippen LogP contribution in [-0.2, 0) is 4.74 Å². The molecule has 100 valence electrons. The molecule has 0 amide bonds. The molecule has 2 aromatic carbocycles. The van der Waals surface area contributed by atoms with Crippen LogP contribution in [0, 0.1) is 5.92 Å². The van der Waals surface area contributed by atoms with E-state index in [2.05, 4.69) is 60.7 Å². The molecule has 1 fully saturated rings. The highest BCUT2D eigenvalue weighted by molar-refractivity contribution is 6.01. The van der Waals surface area contributed by atoms with Crippen molar-refractivity contribution >= 4 is 11.1 Å². The van der Waals surface area contributed by atoms with Gasteiger partial charge in [0.25, 0.3) is 0 Å². The molecule has 20 heavy (non-hydrogen) atoms. The Balaban J connectivity index is 1.85. The molecule has 1 heterocycles. The Morgan fingerprint density at radius 1 is 0.750 bits per heavy atom. The lowest BCUT2D eigenvalue weighted by Gasteiger charge is -2.45. The first kappa shape index (κ1) is 11.9. The smallest absolute Gasteiger partial charge is 0.0902 e. The van der Waals surface area contributed by atoms with Gasteiger partial charge < -0.3 is 4.74 Å². The third-order valence-corrected chi connectivity index (χ3v) is 4.44. The van der Waals surface area contributed by atoms with E-state index in [1.807, 2.05) is 0 Å². The monoisotopic (exact) mass is 262 g/mol. The Morgan fingerprint density at radius 3 is 2.00 bits per heavy atom. The first-order chi connectivity index (χ1) is 9.95. The van der Waals surface area contributed by atoms with Crippen LogP contribution in [0.4, 0.5) is 0 Å². The van der Waals surface area contributed by atoms with E-state index in [-0.39, 0.29) is 0 Å². The fraction of sp³-hybridized carbons (Fsp3) is 0.263. The van der Waals surface area contributed by atoms with Crippen LogP contribution >= 0.6 is 0 Å². The van der Waals surface area contributed by atoms with E-state index in [4.69, 9.17) is 4.74 Å². The minimum absolute atomic E-state index is 0.307. The van der Waals surface area contributed by atoms with Gasteiger partial charge in [0.15, 0.2) is 0 Å². The molecule has 1 aliphatic heterocycles. The molecule has 1 aliphatic carbocycles. The molecule has 0 spiro atoms. The maximum atomic E-state index is 6.04. The largest absolute Gasteiger partial charge is 0.373 e. The van der Waals surface area contributed by atoms with E-state index in [1.54, 1.807) is 0 Å². The van der Waals surface area contributed by atoms with Gasteiger partial charge in [-0.1, -0.05) is 60.7 Å². The van der Waals surface area contributed by atoms with E-state index in [0.29, 0.717) is 12.0 Å². The van der Waals surface area contributed by atoms with Crippen LogP contribution in [-0.4, -0.2) is 12.7 Å². The highest BCUT2D eigenvalue weighted by Crippen LogP contribution is 2.52. The van der Waals surface area contributed by atoms with Crippen molar-refractivity contribution in [3.63, 3.8) is 0 Å². The Hall–Kier alpha value is -1.86. The van der Waals surface area contributed by atoms with Crippen LogP contribution in [0.3, 0.4) is 0 Å². The van der Waals surface area contributed by atoms with E-state index in [1.165, 1.54) is 35.1 Å². The van der Waals surface area contributed by atoms with Crippen molar-refractivity contribution in [1.29, 1.82) is 0 Å². The summed E-state index contributed by atoms with van der Waals surface area (Å²) in [5, 5.41) is 0. The second-order valence-electron chi connectivity index (χ2n) is 5.60. The molecule has 0 aromatic heterocycles. The zero-order valence-corrected chi connectivity index (χ0v) is 11.5. The second kappa shape index (κ2) is 4.92. The van der Waals surface area contributed by atoms with E-state index in [9.17, 15) is 0 Å². The molecule has 0 bridgehead atoms. The van der Waals surface area contributed by atoms with Crippen molar-refractivity contribution in [2.24, 2.45) is 5.92 Å². The molecule has 0 saturated carbocycles. The molecular formula is C19H18O. The van der Waals surface area contributed by atoms with Gasteiger partial charge in [0, 0.05) is 12.5 Å². The van der Waals surface area contributed by atoms with E-state index in [0.717, 1.165) is 6.61 Å². The molecule has 2 unspecified atom stereocenters. The standard InChI is InChI=1S/C19H18O/c1-3-8-14(9-4-1)17-16-12-7-13-20-19(16)18(17)15-10-5-2-6-11-15/h1-6,8-11,16,19H,7,12-13H2. The number of rotatable bonds is 2. The van der Waals surface area contributed by atoms with Gasteiger partial charge >= 0.3 is 0 Å². The summed E-state index contributed by atoms with van der Waals surface area (Å²) in [6.45, 7) is 0.902. The molecule has 1 heteroatoms. The Bertz CT molecular complexity index is 570. The molecule has 2 atom stereocenters. The Morgan fingerprint density at radius 2 is 1.35 bits per heavy atom. The zero-order valence-electron chi connectivity index (χ0n) is 11.5. The second-order valence-corrected chi connectivity index (χ2v) is 5.60. The summed E-state index contributed by atoms with van der Waals surface area (Å²) in [6.07, 6.45) is 2.74. The summed E-state index contributed by atoms with van der Waals surface area (Å²) < 4.78 is 6.04. The topological polar surface area (TPSA) is 9.23 Å². The average molecular weight is 262 g/mol. The molecule has 0 radical (unpaired) electrons. The van der Waals surface area contributed by atoms with E-state index >= 15 is 0 Å². The minimum Gasteiger partial charge on any atom is -0.373 e. The summed E-state index contributed by atoms with van der Waals surface area (Å²) in [6, 6.07) is 21.5. The van der Waals surface area contributed by atoms with Crippen LogP contribution in [0.5, 0.6) is 0 Å². The van der Waals surface area contributed by atoms with Crippen molar-refractivity contribution < 1.29 is 4.74 Å². The first-order valence-corrected chi connectivity index (χ1v) is 7.41. The average Bonchev–Trinajstić information content (AvgIpc) is 2.51. The Kier molecular flexibility index (Phi) is 2.93. The SMILES string of the molecule is c1ccc(C2=C(c3ccccc3)C3OCCCC23)cc1. The molecule has 4 rings (SSSR count). The third kappa shape index (κ3) is 1.82. The van der Waals surface area contributed by atoms with Crippen LogP contribution in [0.25, 0.3) is 11.1 Å². The normalized spacial score (nSPS) is 25.0. The van der Waals surface area contributed by atoms with Gasteiger partial charge in [0.1, 0.15) is 0 Å². The number of hydrogen-bond donors (Lipinski definition) is 0. The van der Waals surface area contributed by atoms with Gasteiger partial charge in [-0.15, -0.1) is 0 Å². The number of ether oxygens (including phenoxy) is 1. The summed E-state index contributed by atoms with van der Waals surface area (Å²) in [7, 11) is 0. The first-order valence-electron chi connectivity index (χ1n) is 7.41. The molecular weight excluding hydrogens is 244 g/mol. The number of benzene rings is 2. The van der Waals surface area contributed by atoms with Crippen molar-refractivity contribution in [2.45, 2.75) is 18.9 Å². The summed E-state index contributed by atoms with van der Waals surface area (Å²) in [5.74, 6) is 0.585. The molecule has 2 aliphatic rings. The van der Waals surface area contributed by atoms with Gasteiger partial charge in [0.2, 0.25) is 0 Å². The third-order valence-electron chi connectivity index (χ3n) is 4.44. The lowest BCUT2D eigenvalue weighted by atomic mass is 9.66. The summed E-state index contributed by atoms with van der Waals surface area (Å²) in [4.78, 5) is 0. The fourth-order valence-corrected chi connectivity index (χ4v) is 3.54. The van der Waals surface area contributed by atoms with Gasteiger partial charge in [-0.2, -0.15) is 0 Å². The minimum atomic E-state index is 0.307. The molecule has 1 nitrogen and oxygen atoms in total. The lowest BCUT2D eigenvalue weighted by molar-refractivity contribution is 0.0184. The summed E-state index contributed by atoms with van der Waals surface area (Å²) in [5.41, 5.74) is 5.58. The van der Waals surface area contributed by atoms with Crippen molar-refractivity contribution in [3.05, 3.63) is 71.8 Å². The highest BCUT2D eigenvalue weighted by Gasteiger charge is 2.43.